The van der Waals surface area contributed by atoms with Crippen LogP contribution in [0, 0.1) is 21.7 Å². The van der Waals surface area contributed by atoms with Crippen molar-refractivity contribution in [3.8, 4) is 0 Å². The smallest absolute Gasteiger partial charge is 0.352 e. The van der Waals surface area contributed by atoms with E-state index in [0.29, 0.717) is 6.07 Å². The molecule has 110 valence electrons. The summed E-state index contributed by atoms with van der Waals surface area (Å²) in [6, 6.07) is 0.632. The molecule has 0 spiro atoms. The fourth-order valence-corrected chi connectivity index (χ4v) is 1.29. The highest BCUT2D eigenvalue weighted by molar-refractivity contribution is 5.95. The molecule has 1 amide bonds. The molecule has 1 rings (SSSR count). The first-order valence-corrected chi connectivity index (χ1v) is 5.10. The highest BCUT2D eigenvalue weighted by Crippen LogP contribution is 2.23. The van der Waals surface area contributed by atoms with E-state index >= 15 is 0 Å². The molecule has 0 saturated heterocycles. The standard InChI is InChI=1S/C10H7F5N2O3/c11-5-3-6(8(12)7(4-5)17(19)20)9(18)16-2-1-10(13,14)15/h3-4H,1-2H2,(H,16,18). The third-order valence-electron chi connectivity index (χ3n) is 2.15. The van der Waals surface area contributed by atoms with Crippen LogP contribution in [-0.4, -0.2) is 23.6 Å². The van der Waals surface area contributed by atoms with Gasteiger partial charge in [-0.25, -0.2) is 4.39 Å². The zero-order valence-corrected chi connectivity index (χ0v) is 9.63. The van der Waals surface area contributed by atoms with Crippen LogP contribution in [0.3, 0.4) is 0 Å². The molecule has 0 saturated carbocycles. The number of rotatable bonds is 4. The molecule has 0 aliphatic rings. The Morgan fingerprint density at radius 2 is 1.90 bits per heavy atom. The summed E-state index contributed by atoms with van der Waals surface area (Å²) in [6.45, 7) is -0.855. The minimum Gasteiger partial charge on any atom is -0.352 e. The Kier molecular flexibility index (Phi) is 4.58. The minimum absolute atomic E-state index is 0.266. The number of alkyl halides is 3. The molecule has 0 fully saturated rings. The van der Waals surface area contributed by atoms with E-state index in [1.54, 1.807) is 5.32 Å². The number of benzene rings is 1. The molecule has 0 bridgehead atoms. The molecule has 0 heterocycles. The van der Waals surface area contributed by atoms with Crippen molar-refractivity contribution in [3.63, 3.8) is 0 Å². The number of nitrogens with one attached hydrogen (secondary N) is 1. The third-order valence-corrected chi connectivity index (χ3v) is 2.15. The number of hydrogen-bond donors (Lipinski definition) is 1. The van der Waals surface area contributed by atoms with E-state index in [0.717, 1.165) is 0 Å². The number of nitro benzene ring substituents is 1. The first kappa shape index (κ1) is 15.8. The molecule has 1 aromatic carbocycles. The van der Waals surface area contributed by atoms with Gasteiger partial charge in [0.2, 0.25) is 5.82 Å². The molecule has 1 aromatic rings. The summed E-state index contributed by atoms with van der Waals surface area (Å²) in [6.07, 6.45) is -5.89. The number of carbonyl (C=O) groups is 1. The number of hydrogen-bond acceptors (Lipinski definition) is 3. The van der Waals surface area contributed by atoms with Gasteiger partial charge in [-0.1, -0.05) is 0 Å². The van der Waals surface area contributed by atoms with E-state index < -0.39 is 52.9 Å². The van der Waals surface area contributed by atoms with Gasteiger partial charge in [0.05, 0.1) is 23.0 Å². The van der Waals surface area contributed by atoms with Crippen molar-refractivity contribution < 1.29 is 31.7 Å². The molecular formula is C10H7F5N2O3. The number of halogens is 5. The highest BCUT2D eigenvalue weighted by Gasteiger charge is 2.28. The van der Waals surface area contributed by atoms with Crippen LogP contribution in [0.5, 0.6) is 0 Å². The number of amides is 1. The average molecular weight is 298 g/mol. The highest BCUT2D eigenvalue weighted by atomic mass is 19.4. The summed E-state index contributed by atoms with van der Waals surface area (Å²) in [5.74, 6) is -4.23. The second-order valence-electron chi connectivity index (χ2n) is 3.66. The Hall–Kier alpha value is -2.26. The van der Waals surface area contributed by atoms with Gasteiger partial charge in [-0.05, 0) is 6.07 Å². The minimum atomic E-state index is -4.53. The normalized spacial score (nSPS) is 11.2. The number of carbonyl (C=O) groups excluding carboxylic acids is 1. The fraction of sp³-hybridized carbons (Fsp3) is 0.300. The van der Waals surface area contributed by atoms with Crippen LogP contribution in [0.4, 0.5) is 27.6 Å². The molecule has 0 aromatic heterocycles. The number of nitrogens with zero attached hydrogens (tertiary/aromatic N) is 1. The van der Waals surface area contributed by atoms with E-state index in [1.165, 1.54) is 0 Å². The lowest BCUT2D eigenvalue weighted by molar-refractivity contribution is -0.387. The van der Waals surface area contributed by atoms with Gasteiger partial charge in [0.15, 0.2) is 0 Å². The summed E-state index contributed by atoms with van der Waals surface area (Å²) in [5, 5.41) is 12.1. The molecule has 0 unspecified atom stereocenters. The first-order valence-electron chi connectivity index (χ1n) is 5.10. The van der Waals surface area contributed by atoms with Crippen molar-refractivity contribution in [2.75, 3.05) is 6.54 Å². The lowest BCUT2D eigenvalue weighted by Crippen LogP contribution is -2.28. The Balaban J connectivity index is 2.91. The van der Waals surface area contributed by atoms with Crippen molar-refractivity contribution in [2.45, 2.75) is 12.6 Å². The molecule has 10 heteroatoms. The molecule has 0 atom stereocenters. The number of nitro groups is 1. The average Bonchev–Trinajstić information content (AvgIpc) is 2.29. The van der Waals surface area contributed by atoms with E-state index in [4.69, 9.17) is 0 Å². The second-order valence-corrected chi connectivity index (χ2v) is 3.66. The van der Waals surface area contributed by atoms with Gasteiger partial charge in [-0.15, -0.1) is 0 Å². The maximum atomic E-state index is 13.5. The van der Waals surface area contributed by atoms with Crippen LogP contribution in [0.1, 0.15) is 16.8 Å². The van der Waals surface area contributed by atoms with Gasteiger partial charge in [0, 0.05) is 6.54 Å². The zero-order valence-electron chi connectivity index (χ0n) is 9.63. The Labute approximate surface area is 108 Å². The molecule has 0 aliphatic carbocycles. The first-order chi connectivity index (χ1) is 9.11. The van der Waals surface area contributed by atoms with Crippen molar-refractivity contribution in [3.05, 3.63) is 39.4 Å². The van der Waals surface area contributed by atoms with Crippen LogP contribution in [-0.2, 0) is 0 Å². The van der Waals surface area contributed by atoms with Gasteiger partial charge in [0.25, 0.3) is 5.91 Å². The third kappa shape index (κ3) is 4.14. The summed E-state index contributed by atoms with van der Waals surface area (Å²) in [5.41, 5.74) is -2.30. The van der Waals surface area contributed by atoms with E-state index in [9.17, 15) is 36.9 Å². The quantitative estimate of drug-likeness (QED) is 0.527. The Morgan fingerprint density at radius 1 is 1.30 bits per heavy atom. The molecular weight excluding hydrogens is 291 g/mol. The van der Waals surface area contributed by atoms with Gasteiger partial charge < -0.3 is 5.32 Å². The molecule has 1 N–H and O–H groups in total. The SMILES string of the molecule is O=C(NCCC(F)(F)F)c1cc(F)cc([N+](=O)[O-])c1F. The topological polar surface area (TPSA) is 72.2 Å². The van der Waals surface area contributed by atoms with Crippen LogP contribution in [0.25, 0.3) is 0 Å². The van der Waals surface area contributed by atoms with Gasteiger partial charge >= 0.3 is 11.9 Å². The molecule has 20 heavy (non-hydrogen) atoms. The second kappa shape index (κ2) is 5.80. The van der Waals surface area contributed by atoms with Crippen molar-refractivity contribution in [1.29, 1.82) is 0 Å². The lowest BCUT2D eigenvalue weighted by Gasteiger charge is -2.08. The molecule has 0 radical (unpaired) electrons. The maximum absolute atomic E-state index is 13.5. The zero-order chi connectivity index (χ0) is 15.5. The fourth-order valence-electron chi connectivity index (χ4n) is 1.29. The van der Waals surface area contributed by atoms with Gasteiger partial charge in [0.1, 0.15) is 5.82 Å². The summed E-state index contributed by atoms with van der Waals surface area (Å²) in [4.78, 5) is 20.5. The Morgan fingerprint density at radius 3 is 2.40 bits per heavy atom. The lowest BCUT2D eigenvalue weighted by atomic mass is 10.1. The van der Waals surface area contributed by atoms with Crippen molar-refractivity contribution in [1.82, 2.24) is 5.32 Å². The van der Waals surface area contributed by atoms with E-state index in [2.05, 4.69) is 0 Å². The van der Waals surface area contributed by atoms with Crippen molar-refractivity contribution in [2.24, 2.45) is 0 Å². The largest absolute Gasteiger partial charge is 0.390 e. The van der Waals surface area contributed by atoms with Crippen LogP contribution < -0.4 is 5.32 Å². The van der Waals surface area contributed by atoms with Crippen LogP contribution in [0.2, 0.25) is 0 Å². The van der Waals surface area contributed by atoms with Crippen molar-refractivity contribution >= 4 is 11.6 Å². The predicted molar refractivity (Wildman–Crippen MR) is 56.0 cm³/mol. The van der Waals surface area contributed by atoms with Gasteiger partial charge in [-0.3, -0.25) is 14.9 Å². The summed E-state index contributed by atoms with van der Waals surface area (Å²) < 4.78 is 62.1. The van der Waals surface area contributed by atoms with Gasteiger partial charge in [-0.2, -0.15) is 17.6 Å². The van der Waals surface area contributed by atoms with Crippen LogP contribution in [0.15, 0.2) is 12.1 Å². The predicted octanol–water partition coefficient (Wildman–Crippen LogP) is 2.56. The van der Waals surface area contributed by atoms with E-state index in [-0.39, 0.29) is 6.07 Å². The van der Waals surface area contributed by atoms with Crippen LogP contribution >= 0.6 is 0 Å². The maximum Gasteiger partial charge on any atom is 0.390 e. The Bertz CT molecular complexity index is 544. The monoisotopic (exact) mass is 298 g/mol. The summed E-state index contributed by atoms with van der Waals surface area (Å²) in [7, 11) is 0. The van der Waals surface area contributed by atoms with E-state index in [1.807, 2.05) is 0 Å². The molecule has 5 nitrogen and oxygen atoms in total. The summed E-state index contributed by atoms with van der Waals surface area (Å²) >= 11 is 0. The molecule has 0 aliphatic heterocycles.